The van der Waals surface area contributed by atoms with E-state index >= 15 is 0 Å². The molecule has 1 aromatic heterocycles. The number of hydrogen-bond donors (Lipinski definition) is 1. The van der Waals surface area contributed by atoms with Crippen LogP contribution in [0.1, 0.15) is 11.1 Å². The minimum atomic E-state index is -4.72. The predicted octanol–water partition coefficient (Wildman–Crippen LogP) is 3.86. The van der Waals surface area contributed by atoms with Crippen molar-refractivity contribution in [3.63, 3.8) is 0 Å². The van der Waals surface area contributed by atoms with Gasteiger partial charge in [-0.15, -0.1) is 0 Å². The average molecular weight is 338 g/mol. The smallest absolute Gasteiger partial charge is 0.305 e. The zero-order valence-corrected chi connectivity index (χ0v) is 12.0. The van der Waals surface area contributed by atoms with E-state index in [2.05, 4.69) is 4.98 Å². The third-order valence-electron chi connectivity index (χ3n) is 3.28. The second-order valence-electron chi connectivity index (χ2n) is 4.77. The van der Waals surface area contributed by atoms with Crippen LogP contribution in [-0.2, 0) is 6.18 Å². The van der Waals surface area contributed by atoms with Gasteiger partial charge in [-0.2, -0.15) is 18.4 Å². The molecule has 116 valence electrons. The van der Waals surface area contributed by atoms with E-state index in [0.717, 1.165) is 10.6 Å². The van der Waals surface area contributed by atoms with Crippen LogP contribution < -0.4 is 5.69 Å². The Morgan fingerprint density at radius 3 is 2.57 bits per heavy atom. The van der Waals surface area contributed by atoms with Gasteiger partial charge in [0.1, 0.15) is 0 Å². The molecule has 0 fully saturated rings. The van der Waals surface area contributed by atoms with Crippen molar-refractivity contribution in [3.8, 4) is 11.8 Å². The molecule has 3 aromatic rings. The zero-order valence-electron chi connectivity index (χ0n) is 11.3. The maximum Gasteiger partial charge on any atom is 0.418 e. The van der Waals surface area contributed by atoms with Gasteiger partial charge < -0.3 is 4.98 Å². The Balaban J connectivity index is 2.47. The van der Waals surface area contributed by atoms with Gasteiger partial charge in [-0.1, -0.05) is 17.7 Å². The SMILES string of the molecule is N#Cc1cc(C(F)(F)F)c2c(c1)[nH]c(=O)n2-c1cccc(Cl)c1. The lowest BCUT2D eigenvalue weighted by molar-refractivity contribution is -0.136. The Bertz CT molecular complexity index is 1010. The molecule has 0 saturated heterocycles. The lowest BCUT2D eigenvalue weighted by atomic mass is 10.1. The molecule has 4 nitrogen and oxygen atoms in total. The van der Waals surface area contributed by atoms with Crippen LogP contribution in [0.5, 0.6) is 0 Å². The maximum atomic E-state index is 13.4. The quantitative estimate of drug-likeness (QED) is 0.733. The van der Waals surface area contributed by atoms with E-state index in [1.807, 2.05) is 0 Å². The number of nitrogens with zero attached hydrogens (tertiary/aromatic N) is 2. The maximum absolute atomic E-state index is 13.4. The molecule has 0 spiro atoms. The lowest BCUT2D eigenvalue weighted by Crippen LogP contribution is -2.16. The second-order valence-corrected chi connectivity index (χ2v) is 5.21. The molecule has 0 amide bonds. The average Bonchev–Trinajstić information content (AvgIpc) is 2.80. The first-order valence-corrected chi connectivity index (χ1v) is 6.71. The lowest BCUT2D eigenvalue weighted by Gasteiger charge is -2.11. The third-order valence-corrected chi connectivity index (χ3v) is 3.51. The molecule has 0 radical (unpaired) electrons. The molecule has 0 aliphatic carbocycles. The fraction of sp³-hybridized carbons (Fsp3) is 0.0667. The number of rotatable bonds is 1. The number of aromatic nitrogens is 2. The van der Waals surface area contributed by atoms with Crippen LogP contribution in [0.15, 0.2) is 41.2 Å². The summed E-state index contributed by atoms with van der Waals surface area (Å²) in [4.78, 5) is 14.5. The van der Waals surface area contributed by atoms with Gasteiger partial charge >= 0.3 is 11.9 Å². The summed E-state index contributed by atoms with van der Waals surface area (Å²) in [6.07, 6.45) is -4.72. The van der Waals surface area contributed by atoms with E-state index in [1.54, 1.807) is 12.1 Å². The topological polar surface area (TPSA) is 61.6 Å². The molecular formula is C15H7ClF3N3O. The Kier molecular flexibility index (Phi) is 3.42. The summed E-state index contributed by atoms with van der Waals surface area (Å²) in [5.41, 5.74) is -2.22. The number of aromatic amines is 1. The number of H-pyrrole nitrogens is 1. The Morgan fingerprint density at radius 1 is 1.22 bits per heavy atom. The first-order valence-electron chi connectivity index (χ1n) is 6.33. The first kappa shape index (κ1) is 15.2. The highest BCUT2D eigenvalue weighted by molar-refractivity contribution is 6.30. The number of halogens is 4. The van der Waals surface area contributed by atoms with E-state index in [1.165, 1.54) is 24.3 Å². The van der Waals surface area contributed by atoms with Crippen molar-refractivity contribution in [2.75, 3.05) is 0 Å². The van der Waals surface area contributed by atoms with Gasteiger partial charge in [0.2, 0.25) is 0 Å². The summed E-state index contributed by atoms with van der Waals surface area (Å²) < 4.78 is 41.0. The number of imidazole rings is 1. The van der Waals surface area contributed by atoms with Crippen molar-refractivity contribution >= 4 is 22.6 Å². The zero-order chi connectivity index (χ0) is 16.8. The normalized spacial score (nSPS) is 11.6. The summed E-state index contributed by atoms with van der Waals surface area (Å²) in [5, 5.41) is 9.17. The van der Waals surface area contributed by atoms with E-state index in [9.17, 15) is 18.0 Å². The van der Waals surface area contributed by atoms with E-state index in [-0.39, 0.29) is 27.3 Å². The van der Waals surface area contributed by atoms with Crippen molar-refractivity contribution in [3.05, 3.63) is 63.0 Å². The molecule has 0 aliphatic heterocycles. The van der Waals surface area contributed by atoms with Crippen LogP contribution in [-0.4, -0.2) is 9.55 Å². The standard InChI is InChI=1S/C15H7ClF3N3O/c16-9-2-1-3-10(6-9)22-13-11(15(17,18)19)4-8(7-20)5-12(13)21-14(22)23/h1-6H,(H,21,23). The summed E-state index contributed by atoms with van der Waals surface area (Å²) in [7, 11) is 0. The van der Waals surface area contributed by atoms with Crippen LogP contribution in [0.2, 0.25) is 5.02 Å². The minimum Gasteiger partial charge on any atom is -0.305 e. The van der Waals surface area contributed by atoms with Crippen molar-refractivity contribution in [2.24, 2.45) is 0 Å². The van der Waals surface area contributed by atoms with Crippen LogP contribution in [0, 0.1) is 11.3 Å². The molecule has 1 heterocycles. The summed E-state index contributed by atoms with van der Waals surface area (Å²) in [6, 6.07) is 9.50. The highest BCUT2D eigenvalue weighted by Gasteiger charge is 2.35. The number of nitrogens with one attached hydrogen (secondary N) is 1. The number of benzene rings is 2. The number of fused-ring (bicyclic) bond motifs is 1. The highest BCUT2D eigenvalue weighted by atomic mass is 35.5. The van der Waals surface area contributed by atoms with Crippen molar-refractivity contribution < 1.29 is 13.2 Å². The van der Waals surface area contributed by atoms with Gasteiger partial charge in [0.05, 0.1) is 33.9 Å². The molecule has 8 heteroatoms. The molecular weight excluding hydrogens is 331 g/mol. The number of hydrogen-bond acceptors (Lipinski definition) is 2. The molecule has 0 saturated carbocycles. The van der Waals surface area contributed by atoms with Gasteiger partial charge in [-0.05, 0) is 30.3 Å². The summed E-state index contributed by atoms with van der Waals surface area (Å²) >= 11 is 5.85. The van der Waals surface area contributed by atoms with E-state index in [0.29, 0.717) is 0 Å². The number of alkyl halides is 3. The van der Waals surface area contributed by atoms with Gasteiger partial charge in [0, 0.05) is 5.02 Å². The van der Waals surface area contributed by atoms with Crippen molar-refractivity contribution in [2.45, 2.75) is 6.18 Å². The molecule has 0 unspecified atom stereocenters. The Morgan fingerprint density at radius 2 is 1.96 bits per heavy atom. The molecule has 1 N–H and O–H groups in total. The molecule has 2 aromatic carbocycles. The molecule has 0 atom stereocenters. The van der Waals surface area contributed by atoms with Gasteiger partial charge in [-0.3, -0.25) is 4.57 Å². The monoisotopic (exact) mass is 337 g/mol. The highest BCUT2D eigenvalue weighted by Crippen LogP contribution is 2.35. The predicted molar refractivity (Wildman–Crippen MR) is 78.6 cm³/mol. The van der Waals surface area contributed by atoms with Gasteiger partial charge in [0.25, 0.3) is 0 Å². The summed E-state index contributed by atoms with van der Waals surface area (Å²) in [5.74, 6) is 0. The molecule has 0 bridgehead atoms. The van der Waals surface area contributed by atoms with Crippen LogP contribution >= 0.6 is 11.6 Å². The van der Waals surface area contributed by atoms with Crippen LogP contribution in [0.3, 0.4) is 0 Å². The second kappa shape index (κ2) is 5.18. The molecule has 23 heavy (non-hydrogen) atoms. The van der Waals surface area contributed by atoms with E-state index in [4.69, 9.17) is 16.9 Å². The van der Waals surface area contributed by atoms with E-state index < -0.39 is 17.4 Å². The molecule has 3 rings (SSSR count). The molecule has 0 aliphatic rings. The van der Waals surface area contributed by atoms with Gasteiger partial charge in [-0.25, -0.2) is 4.79 Å². The third kappa shape index (κ3) is 2.58. The minimum absolute atomic E-state index is 0.0682. The Labute approximate surface area is 132 Å². The number of nitriles is 1. The summed E-state index contributed by atoms with van der Waals surface area (Å²) in [6.45, 7) is 0. The van der Waals surface area contributed by atoms with Crippen LogP contribution in [0.4, 0.5) is 13.2 Å². The Hall–Kier alpha value is -2.72. The van der Waals surface area contributed by atoms with Gasteiger partial charge in [0.15, 0.2) is 0 Å². The fourth-order valence-electron chi connectivity index (χ4n) is 2.39. The largest absolute Gasteiger partial charge is 0.418 e. The van der Waals surface area contributed by atoms with Crippen molar-refractivity contribution in [1.82, 2.24) is 9.55 Å². The van der Waals surface area contributed by atoms with Crippen molar-refractivity contribution in [1.29, 1.82) is 5.26 Å². The fourth-order valence-corrected chi connectivity index (χ4v) is 2.57. The van der Waals surface area contributed by atoms with Crippen LogP contribution in [0.25, 0.3) is 16.7 Å². The first-order chi connectivity index (χ1) is 10.8.